The van der Waals surface area contributed by atoms with Gasteiger partial charge in [-0.1, -0.05) is 11.6 Å². The van der Waals surface area contributed by atoms with E-state index in [4.69, 9.17) is 26.8 Å². The van der Waals surface area contributed by atoms with E-state index >= 15 is 0 Å². The van der Waals surface area contributed by atoms with E-state index in [2.05, 4.69) is 0 Å². The summed E-state index contributed by atoms with van der Waals surface area (Å²) in [7, 11) is 1.36. The average molecular weight is 287 g/mol. The zero-order chi connectivity index (χ0) is 14.4. The van der Waals surface area contributed by atoms with Crippen molar-refractivity contribution in [1.82, 2.24) is 5.32 Å². The number of carbonyl (C=O) groups excluding carboxylic acids is 3. The van der Waals surface area contributed by atoms with Crippen LogP contribution in [-0.4, -0.2) is 31.9 Å². The first-order valence-electron chi connectivity index (χ1n) is 5.02. The fourth-order valence-corrected chi connectivity index (χ4v) is 1.53. The van der Waals surface area contributed by atoms with Gasteiger partial charge in [-0.3, -0.25) is 14.9 Å². The first-order chi connectivity index (χ1) is 8.97. The molecule has 0 aliphatic heterocycles. The first kappa shape index (κ1) is 14.8. The number of hydrogen-bond acceptors (Lipinski definition) is 5. The van der Waals surface area contributed by atoms with Crippen molar-refractivity contribution in [2.45, 2.75) is 0 Å². The zero-order valence-electron chi connectivity index (χ0n) is 9.94. The van der Waals surface area contributed by atoms with Gasteiger partial charge in [-0.15, -0.1) is 0 Å². The van der Waals surface area contributed by atoms with E-state index < -0.39 is 18.5 Å². The van der Waals surface area contributed by atoms with Gasteiger partial charge in [0.05, 0.1) is 12.1 Å². The number of ether oxygens (including phenoxy) is 2. The maximum absolute atomic E-state index is 11.2. The number of carbonyl (C=O) groups is 3. The topological polar surface area (TPSA) is 108 Å². The Morgan fingerprint density at radius 3 is 2.68 bits per heavy atom. The Bertz CT molecular complexity index is 518. The van der Waals surface area contributed by atoms with Crippen LogP contribution >= 0.6 is 11.6 Å². The molecule has 8 heteroatoms. The Morgan fingerprint density at radius 2 is 2.16 bits per heavy atom. The number of halogens is 1. The van der Waals surface area contributed by atoms with Gasteiger partial charge in [-0.25, -0.2) is 4.79 Å². The highest BCUT2D eigenvalue weighted by Crippen LogP contribution is 2.35. The minimum absolute atomic E-state index is 0.0920. The second kappa shape index (κ2) is 6.60. The average Bonchev–Trinajstić information content (AvgIpc) is 2.35. The van der Waals surface area contributed by atoms with Gasteiger partial charge in [0.1, 0.15) is 6.29 Å². The normalized spacial score (nSPS) is 9.58. The third-order valence-electron chi connectivity index (χ3n) is 2.00. The SMILES string of the molecule is COc1cc(C=O)cc(Cl)c1OCC(=O)NC(N)=O. The van der Waals surface area contributed by atoms with Crippen molar-refractivity contribution in [2.24, 2.45) is 5.73 Å². The van der Waals surface area contributed by atoms with Gasteiger partial charge in [0.15, 0.2) is 18.1 Å². The zero-order valence-corrected chi connectivity index (χ0v) is 10.7. The number of nitrogens with two attached hydrogens (primary N) is 1. The summed E-state index contributed by atoms with van der Waals surface area (Å²) in [6.07, 6.45) is 0.595. The van der Waals surface area contributed by atoms with Gasteiger partial charge in [0.2, 0.25) is 0 Å². The molecule has 0 saturated carbocycles. The molecule has 0 fully saturated rings. The number of methoxy groups -OCH3 is 1. The Morgan fingerprint density at radius 1 is 1.47 bits per heavy atom. The van der Waals surface area contributed by atoms with E-state index in [1.807, 2.05) is 5.32 Å². The maximum atomic E-state index is 11.2. The van der Waals surface area contributed by atoms with Gasteiger partial charge in [-0.05, 0) is 12.1 Å². The number of aldehydes is 1. The monoisotopic (exact) mass is 286 g/mol. The Hall–Kier alpha value is -2.28. The highest BCUT2D eigenvalue weighted by Gasteiger charge is 2.14. The van der Waals surface area contributed by atoms with E-state index in [9.17, 15) is 14.4 Å². The van der Waals surface area contributed by atoms with Gasteiger partial charge >= 0.3 is 6.03 Å². The molecule has 0 radical (unpaired) electrons. The number of hydrogen-bond donors (Lipinski definition) is 2. The van der Waals surface area contributed by atoms with Crippen molar-refractivity contribution >= 4 is 29.8 Å². The summed E-state index contributed by atoms with van der Waals surface area (Å²) in [5.74, 6) is -0.444. The lowest BCUT2D eigenvalue weighted by Gasteiger charge is -2.12. The van der Waals surface area contributed by atoms with Crippen LogP contribution in [0.2, 0.25) is 5.02 Å². The number of rotatable bonds is 5. The molecule has 7 nitrogen and oxygen atoms in total. The molecule has 0 saturated heterocycles. The Kier molecular flexibility index (Phi) is 5.13. The summed E-state index contributed by atoms with van der Waals surface area (Å²) in [5, 5.41) is 1.93. The molecule has 102 valence electrons. The third kappa shape index (κ3) is 4.14. The van der Waals surface area contributed by atoms with E-state index in [0.29, 0.717) is 11.8 Å². The third-order valence-corrected chi connectivity index (χ3v) is 2.28. The minimum Gasteiger partial charge on any atom is -0.493 e. The second-order valence-corrected chi connectivity index (χ2v) is 3.76. The Balaban J connectivity index is 2.85. The van der Waals surface area contributed by atoms with Crippen LogP contribution in [0.4, 0.5) is 4.79 Å². The van der Waals surface area contributed by atoms with Gasteiger partial charge in [-0.2, -0.15) is 0 Å². The standard InChI is InChI=1S/C11H11ClN2O5/c1-18-8-3-6(4-15)2-7(12)10(8)19-5-9(16)14-11(13)17/h2-4H,5H2,1H3,(H3,13,14,16,17). The minimum atomic E-state index is -0.983. The number of primary amides is 1. The summed E-state index contributed by atoms with van der Waals surface area (Å²) in [6, 6.07) is 1.78. The first-order valence-corrected chi connectivity index (χ1v) is 5.40. The molecule has 0 aliphatic rings. The smallest absolute Gasteiger partial charge is 0.318 e. The molecule has 3 N–H and O–H groups in total. The lowest BCUT2D eigenvalue weighted by Crippen LogP contribution is -2.38. The molecule has 3 amide bonds. The molecule has 1 rings (SSSR count). The molecular weight excluding hydrogens is 276 g/mol. The molecule has 0 bridgehead atoms. The summed E-state index contributed by atoms with van der Waals surface area (Å²) < 4.78 is 10.1. The predicted octanol–water partition coefficient (Wildman–Crippen LogP) is 0.735. The number of urea groups is 1. The molecule has 0 spiro atoms. The lowest BCUT2D eigenvalue weighted by atomic mass is 10.2. The molecule has 1 aromatic rings. The van der Waals surface area contributed by atoms with E-state index in [0.717, 1.165) is 0 Å². The number of amides is 3. The molecule has 19 heavy (non-hydrogen) atoms. The van der Waals surface area contributed by atoms with Crippen LogP contribution in [0.15, 0.2) is 12.1 Å². The highest BCUT2D eigenvalue weighted by molar-refractivity contribution is 6.32. The van der Waals surface area contributed by atoms with Crippen LogP contribution in [0, 0.1) is 0 Å². The fourth-order valence-electron chi connectivity index (χ4n) is 1.26. The lowest BCUT2D eigenvalue weighted by molar-refractivity contribution is -0.121. The van der Waals surface area contributed by atoms with Crippen LogP contribution in [0.25, 0.3) is 0 Å². The van der Waals surface area contributed by atoms with Crippen LogP contribution in [0.3, 0.4) is 0 Å². The molecule has 0 heterocycles. The fraction of sp³-hybridized carbons (Fsp3) is 0.182. The van der Waals surface area contributed by atoms with Crippen molar-refractivity contribution in [3.63, 3.8) is 0 Å². The molecule has 0 aliphatic carbocycles. The van der Waals surface area contributed by atoms with Crippen LogP contribution in [0.5, 0.6) is 11.5 Å². The maximum Gasteiger partial charge on any atom is 0.318 e. The van der Waals surface area contributed by atoms with E-state index in [1.54, 1.807) is 0 Å². The molecular formula is C11H11ClN2O5. The Labute approximate surface area is 113 Å². The van der Waals surface area contributed by atoms with Crippen LogP contribution < -0.4 is 20.5 Å². The van der Waals surface area contributed by atoms with Gasteiger partial charge < -0.3 is 15.2 Å². The number of nitrogens with one attached hydrogen (secondary N) is 1. The predicted molar refractivity (Wildman–Crippen MR) is 66.6 cm³/mol. The summed E-state index contributed by atoms with van der Waals surface area (Å²) >= 11 is 5.89. The second-order valence-electron chi connectivity index (χ2n) is 3.35. The summed E-state index contributed by atoms with van der Waals surface area (Å²) in [6.45, 7) is -0.473. The quantitative estimate of drug-likeness (QED) is 0.776. The van der Waals surface area contributed by atoms with Crippen molar-refractivity contribution in [1.29, 1.82) is 0 Å². The largest absolute Gasteiger partial charge is 0.493 e. The highest BCUT2D eigenvalue weighted by atomic mass is 35.5. The van der Waals surface area contributed by atoms with E-state index in [-0.39, 0.29) is 16.5 Å². The summed E-state index contributed by atoms with van der Waals surface area (Å²) in [5.41, 5.74) is 5.07. The summed E-state index contributed by atoms with van der Waals surface area (Å²) in [4.78, 5) is 32.3. The van der Waals surface area contributed by atoms with Gasteiger partial charge in [0, 0.05) is 5.56 Å². The van der Waals surface area contributed by atoms with Crippen molar-refractivity contribution in [3.05, 3.63) is 22.7 Å². The molecule has 0 unspecified atom stereocenters. The number of benzene rings is 1. The van der Waals surface area contributed by atoms with Crippen LogP contribution in [-0.2, 0) is 4.79 Å². The van der Waals surface area contributed by atoms with E-state index in [1.165, 1.54) is 19.2 Å². The molecule has 0 aromatic heterocycles. The van der Waals surface area contributed by atoms with Crippen LogP contribution in [0.1, 0.15) is 10.4 Å². The van der Waals surface area contributed by atoms with Crippen molar-refractivity contribution in [2.75, 3.05) is 13.7 Å². The number of imide groups is 1. The van der Waals surface area contributed by atoms with Crippen molar-refractivity contribution in [3.8, 4) is 11.5 Å². The van der Waals surface area contributed by atoms with Crippen molar-refractivity contribution < 1.29 is 23.9 Å². The van der Waals surface area contributed by atoms with Gasteiger partial charge in [0.25, 0.3) is 5.91 Å². The molecule has 1 aromatic carbocycles. The molecule has 0 atom stereocenters.